The number of nitrogens with zero attached hydrogens (tertiary/aromatic N) is 3. The number of aromatic nitrogens is 2. The van der Waals surface area contributed by atoms with Crippen LogP contribution < -0.4 is 5.32 Å². The maximum atomic E-state index is 6.35. The van der Waals surface area contributed by atoms with Crippen LogP contribution in [0.3, 0.4) is 0 Å². The molecule has 1 aliphatic rings. The predicted octanol–water partition coefficient (Wildman–Crippen LogP) is 5.70. The lowest BCUT2D eigenvalue weighted by Gasteiger charge is -2.26. The van der Waals surface area contributed by atoms with Gasteiger partial charge in [-0.2, -0.15) is 0 Å². The van der Waals surface area contributed by atoms with Gasteiger partial charge in [-0.15, -0.1) is 0 Å². The quantitative estimate of drug-likeness (QED) is 0.372. The average Bonchev–Trinajstić information content (AvgIpc) is 3.41. The van der Waals surface area contributed by atoms with Crippen molar-refractivity contribution in [3.05, 3.63) is 108 Å². The largest absolute Gasteiger partial charge is 0.452 e. The number of thiocarbonyl (C=S) groups is 1. The third-order valence-corrected chi connectivity index (χ3v) is 6.69. The number of pyridine rings is 2. The summed E-state index contributed by atoms with van der Waals surface area (Å²) in [7, 11) is 0. The van der Waals surface area contributed by atoms with Crippen LogP contribution in [-0.4, -0.2) is 20.0 Å². The van der Waals surface area contributed by atoms with Crippen LogP contribution in [0.1, 0.15) is 34.7 Å². The first kappa shape index (κ1) is 20.7. The lowest BCUT2D eigenvalue weighted by atomic mass is 10.0. The molecule has 1 aromatic carbocycles. The van der Waals surface area contributed by atoms with Crippen molar-refractivity contribution in [1.29, 1.82) is 0 Å². The highest BCUT2D eigenvalue weighted by Gasteiger charge is 2.41. The van der Waals surface area contributed by atoms with Crippen LogP contribution in [0.15, 0.2) is 99.7 Å². The number of nitrogens with one attached hydrogen (secondary N) is 1. The molecule has 7 heteroatoms. The second kappa shape index (κ2) is 9.14. The summed E-state index contributed by atoms with van der Waals surface area (Å²) in [4.78, 5) is 12.1. The van der Waals surface area contributed by atoms with Crippen molar-refractivity contribution in [1.82, 2.24) is 20.2 Å². The topological polar surface area (TPSA) is 54.2 Å². The summed E-state index contributed by atoms with van der Waals surface area (Å²) in [6.45, 7) is 2.72. The second-order valence-electron chi connectivity index (χ2n) is 7.69. The van der Waals surface area contributed by atoms with Crippen molar-refractivity contribution >= 4 is 29.1 Å². The van der Waals surface area contributed by atoms with Crippen molar-refractivity contribution in [2.24, 2.45) is 0 Å². The van der Waals surface area contributed by atoms with Gasteiger partial charge in [0.05, 0.1) is 11.7 Å². The first-order valence-electron chi connectivity index (χ1n) is 10.4. The molecular formula is C25H22N4OS2. The first-order chi connectivity index (χ1) is 15.7. The zero-order valence-electron chi connectivity index (χ0n) is 17.5. The molecule has 3 aromatic heterocycles. The van der Waals surface area contributed by atoms with Crippen molar-refractivity contribution in [2.75, 3.05) is 0 Å². The number of hydrogen-bond acceptors (Lipinski definition) is 5. The molecule has 5 rings (SSSR count). The van der Waals surface area contributed by atoms with Gasteiger partial charge < -0.3 is 14.6 Å². The molecule has 0 spiro atoms. The van der Waals surface area contributed by atoms with E-state index in [1.807, 2.05) is 48.8 Å². The van der Waals surface area contributed by atoms with Gasteiger partial charge in [-0.05, 0) is 67.2 Å². The van der Waals surface area contributed by atoms with Gasteiger partial charge in [-0.3, -0.25) is 9.97 Å². The molecule has 0 bridgehead atoms. The molecule has 0 amide bonds. The van der Waals surface area contributed by atoms with Gasteiger partial charge in [0, 0.05) is 30.0 Å². The Bertz CT molecular complexity index is 1200. The molecule has 5 nitrogen and oxygen atoms in total. The maximum absolute atomic E-state index is 6.35. The van der Waals surface area contributed by atoms with E-state index in [4.69, 9.17) is 16.6 Å². The van der Waals surface area contributed by atoms with Crippen LogP contribution in [0.25, 0.3) is 0 Å². The Hall–Kier alpha value is -3.16. The predicted molar refractivity (Wildman–Crippen MR) is 129 cm³/mol. The van der Waals surface area contributed by atoms with E-state index in [1.54, 1.807) is 18.0 Å². The zero-order valence-corrected chi connectivity index (χ0v) is 19.1. The van der Waals surface area contributed by atoms with Crippen LogP contribution in [0.4, 0.5) is 0 Å². The molecule has 0 aliphatic carbocycles. The minimum atomic E-state index is -0.120. The highest BCUT2D eigenvalue weighted by Crippen LogP contribution is 2.41. The fraction of sp³-hybridized carbons (Fsp3) is 0.160. The third-order valence-electron chi connectivity index (χ3n) is 5.41. The Morgan fingerprint density at radius 2 is 1.91 bits per heavy atom. The SMILES string of the molecule is Cc1ccc(Sc2ccc([C@@H]3[C@H](c4ccccn4)NC(=S)N3Cc3cccnc3)o2)cc1. The minimum absolute atomic E-state index is 0.108. The molecule has 32 heavy (non-hydrogen) atoms. The van der Waals surface area contributed by atoms with E-state index >= 15 is 0 Å². The molecule has 1 aliphatic heterocycles. The Kier molecular flexibility index (Phi) is 5.92. The van der Waals surface area contributed by atoms with Gasteiger partial charge >= 0.3 is 0 Å². The second-order valence-corrected chi connectivity index (χ2v) is 9.15. The normalized spacial score (nSPS) is 18.0. The maximum Gasteiger partial charge on any atom is 0.170 e. The molecule has 1 N–H and O–H groups in total. The highest BCUT2D eigenvalue weighted by molar-refractivity contribution is 7.99. The monoisotopic (exact) mass is 458 g/mol. The molecular weight excluding hydrogens is 436 g/mol. The summed E-state index contributed by atoms with van der Waals surface area (Å²) in [5.74, 6) is 0.853. The van der Waals surface area contributed by atoms with Gasteiger partial charge in [0.1, 0.15) is 11.8 Å². The van der Waals surface area contributed by atoms with Crippen LogP contribution in [0.5, 0.6) is 0 Å². The van der Waals surface area contributed by atoms with E-state index in [2.05, 4.69) is 57.4 Å². The Morgan fingerprint density at radius 3 is 2.66 bits per heavy atom. The molecule has 160 valence electrons. The molecule has 2 atom stereocenters. The van der Waals surface area contributed by atoms with E-state index in [1.165, 1.54) is 5.56 Å². The summed E-state index contributed by atoms with van der Waals surface area (Å²) in [6, 6.07) is 22.2. The molecule has 1 fully saturated rings. The van der Waals surface area contributed by atoms with Crippen LogP contribution >= 0.6 is 24.0 Å². The number of aryl methyl sites for hydroxylation is 1. The number of hydrogen-bond donors (Lipinski definition) is 1. The van der Waals surface area contributed by atoms with Crippen LogP contribution in [-0.2, 0) is 6.54 Å². The van der Waals surface area contributed by atoms with Gasteiger partial charge in [-0.25, -0.2) is 0 Å². The summed E-state index contributed by atoms with van der Waals surface area (Å²) in [6.07, 6.45) is 5.45. The van der Waals surface area contributed by atoms with Gasteiger partial charge in [0.25, 0.3) is 0 Å². The van der Waals surface area contributed by atoms with Crippen molar-refractivity contribution < 1.29 is 4.42 Å². The summed E-state index contributed by atoms with van der Waals surface area (Å²) >= 11 is 7.35. The Balaban J connectivity index is 1.47. The number of benzene rings is 1. The van der Waals surface area contributed by atoms with E-state index in [0.717, 1.165) is 27.0 Å². The van der Waals surface area contributed by atoms with Crippen molar-refractivity contribution in [3.63, 3.8) is 0 Å². The van der Waals surface area contributed by atoms with E-state index in [-0.39, 0.29) is 12.1 Å². The lowest BCUT2D eigenvalue weighted by molar-refractivity contribution is 0.254. The van der Waals surface area contributed by atoms with Gasteiger partial charge in [0.2, 0.25) is 0 Å². The molecule has 0 saturated carbocycles. The van der Waals surface area contributed by atoms with Gasteiger partial charge in [0.15, 0.2) is 10.2 Å². The first-order valence-corrected chi connectivity index (χ1v) is 11.6. The number of rotatable bonds is 6. The standard InChI is InChI=1S/C25H22N4OS2/c1-17-7-9-19(10-8-17)32-22-12-11-21(30-22)24-23(20-6-2-3-14-27-20)28-25(31)29(24)16-18-5-4-13-26-15-18/h2-15,23-24H,16H2,1H3,(H,28,31)/t23-,24+/m0/s1. The molecule has 4 heterocycles. The smallest absolute Gasteiger partial charge is 0.170 e. The van der Waals surface area contributed by atoms with Crippen LogP contribution in [0, 0.1) is 6.92 Å². The zero-order chi connectivity index (χ0) is 21.9. The number of furan rings is 1. The third kappa shape index (κ3) is 4.40. The summed E-state index contributed by atoms with van der Waals surface area (Å²) < 4.78 is 6.35. The van der Waals surface area contributed by atoms with E-state index < -0.39 is 0 Å². The molecule has 0 radical (unpaired) electrons. The average molecular weight is 459 g/mol. The van der Waals surface area contributed by atoms with E-state index in [9.17, 15) is 0 Å². The molecule has 4 aromatic rings. The Labute approximate surface area is 196 Å². The minimum Gasteiger partial charge on any atom is -0.452 e. The highest BCUT2D eigenvalue weighted by atomic mass is 32.2. The van der Waals surface area contributed by atoms with Crippen LogP contribution in [0.2, 0.25) is 0 Å². The Morgan fingerprint density at radius 1 is 1.03 bits per heavy atom. The van der Waals surface area contributed by atoms with Crippen molar-refractivity contribution in [2.45, 2.75) is 35.5 Å². The fourth-order valence-corrected chi connectivity index (χ4v) is 4.93. The summed E-state index contributed by atoms with van der Waals surface area (Å²) in [5.41, 5.74) is 3.26. The van der Waals surface area contributed by atoms with Crippen molar-refractivity contribution in [3.8, 4) is 0 Å². The molecule has 0 unspecified atom stereocenters. The van der Waals surface area contributed by atoms with E-state index in [0.29, 0.717) is 11.7 Å². The summed E-state index contributed by atoms with van der Waals surface area (Å²) in [5, 5.41) is 4.99. The van der Waals surface area contributed by atoms with Gasteiger partial charge in [-0.1, -0.05) is 41.6 Å². The molecule has 1 saturated heterocycles. The lowest BCUT2D eigenvalue weighted by Crippen LogP contribution is -2.29. The fourth-order valence-electron chi connectivity index (χ4n) is 3.84.